The van der Waals surface area contributed by atoms with Crippen molar-refractivity contribution in [2.75, 3.05) is 27.9 Å². The lowest BCUT2D eigenvalue weighted by Gasteiger charge is -2.24. The molecule has 0 amide bonds. The minimum Gasteiger partial charge on any atom is -0.497 e. The molecule has 1 N–H and O–H groups in total. The minimum absolute atomic E-state index is 0.197. The van der Waals surface area contributed by atoms with Gasteiger partial charge in [-0.3, -0.25) is 0 Å². The van der Waals surface area contributed by atoms with E-state index >= 15 is 0 Å². The zero-order chi connectivity index (χ0) is 15.0. The van der Waals surface area contributed by atoms with E-state index in [-0.39, 0.29) is 6.04 Å². The summed E-state index contributed by atoms with van der Waals surface area (Å²) < 4.78 is 16.0. The Morgan fingerprint density at radius 3 is 2.45 bits per heavy atom. The summed E-state index contributed by atoms with van der Waals surface area (Å²) in [6.07, 6.45) is 2.23. The fourth-order valence-electron chi connectivity index (χ4n) is 2.38. The Kier molecular flexibility index (Phi) is 7.41. The first kappa shape index (κ1) is 16.8. The average molecular weight is 281 g/mol. The number of hydrogen-bond donors (Lipinski definition) is 1. The molecule has 4 heteroatoms. The SMILES string of the molecule is CCCC(COC)NC(C)c1ccc(OC)cc1OC. The second kappa shape index (κ2) is 8.82. The lowest BCUT2D eigenvalue weighted by atomic mass is 10.0. The van der Waals surface area contributed by atoms with Gasteiger partial charge in [-0.15, -0.1) is 0 Å². The maximum absolute atomic E-state index is 5.46. The van der Waals surface area contributed by atoms with Crippen molar-refractivity contribution in [2.45, 2.75) is 38.8 Å². The summed E-state index contributed by atoms with van der Waals surface area (Å²) in [5.74, 6) is 1.65. The van der Waals surface area contributed by atoms with Crippen LogP contribution in [0.3, 0.4) is 0 Å². The van der Waals surface area contributed by atoms with Crippen LogP contribution in [0.2, 0.25) is 0 Å². The van der Waals surface area contributed by atoms with Crippen molar-refractivity contribution < 1.29 is 14.2 Å². The highest BCUT2D eigenvalue weighted by molar-refractivity contribution is 5.42. The molecule has 114 valence electrons. The quantitative estimate of drug-likeness (QED) is 0.754. The summed E-state index contributed by atoms with van der Waals surface area (Å²) in [7, 11) is 5.08. The second-order valence-electron chi connectivity index (χ2n) is 4.94. The Balaban J connectivity index is 2.81. The topological polar surface area (TPSA) is 39.7 Å². The van der Waals surface area contributed by atoms with Crippen LogP contribution in [-0.2, 0) is 4.74 Å². The van der Waals surface area contributed by atoms with E-state index < -0.39 is 0 Å². The molecule has 0 fully saturated rings. The zero-order valence-corrected chi connectivity index (χ0v) is 13.2. The first-order valence-electron chi connectivity index (χ1n) is 7.13. The van der Waals surface area contributed by atoms with Crippen LogP contribution >= 0.6 is 0 Å². The van der Waals surface area contributed by atoms with Gasteiger partial charge >= 0.3 is 0 Å². The molecule has 4 nitrogen and oxygen atoms in total. The number of benzene rings is 1. The molecular formula is C16H27NO3. The van der Waals surface area contributed by atoms with Crippen LogP contribution in [0.4, 0.5) is 0 Å². The van der Waals surface area contributed by atoms with E-state index in [2.05, 4.69) is 19.2 Å². The highest BCUT2D eigenvalue weighted by atomic mass is 16.5. The number of ether oxygens (including phenoxy) is 3. The summed E-state index contributed by atoms with van der Waals surface area (Å²) in [6.45, 7) is 5.04. The summed E-state index contributed by atoms with van der Waals surface area (Å²) in [6, 6.07) is 6.47. The first-order chi connectivity index (χ1) is 9.65. The van der Waals surface area contributed by atoms with Crippen LogP contribution < -0.4 is 14.8 Å². The highest BCUT2D eigenvalue weighted by Gasteiger charge is 2.16. The predicted molar refractivity (Wildman–Crippen MR) is 81.7 cm³/mol. The largest absolute Gasteiger partial charge is 0.497 e. The van der Waals surface area contributed by atoms with Gasteiger partial charge in [0, 0.05) is 30.8 Å². The van der Waals surface area contributed by atoms with E-state index in [4.69, 9.17) is 14.2 Å². The van der Waals surface area contributed by atoms with Crippen LogP contribution in [0.5, 0.6) is 11.5 Å². The molecule has 0 spiro atoms. The van der Waals surface area contributed by atoms with Crippen molar-refractivity contribution in [1.29, 1.82) is 0 Å². The van der Waals surface area contributed by atoms with E-state index in [0.717, 1.165) is 36.5 Å². The van der Waals surface area contributed by atoms with Crippen LogP contribution in [0.1, 0.15) is 38.3 Å². The average Bonchev–Trinajstić information content (AvgIpc) is 2.46. The molecule has 0 saturated heterocycles. The van der Waals surface area contributed by atoms with Gasteiger partial charge in [-0.05, 0) is 19.4 Å². The molecule has 2 atom stereocenters. The fourth-order valence-corrected chi connectivity index (χ4v) is 2.38. The third kappa shape index (κ3) is 4.69. The Morgan fingerprint density at radius 1 is 1.15 bits per heavy atom. The van der Waals surface area contributed by atoms with Crippen molar-refractivity contribution in [3.63, 3.8) is 0 Å². The van der Waals surface area contributed by atoms with E-state index in [1.54, 1.807) is 21.3 Å². The molecule has 0 aliphatic carbocycles. The monoisotopic (exact) mass is 281 g/mol. The number of hydrogen-bond acceptors (Lipinski definition) is 4. The van der Waals surface area contributed by atoms with Gasteiger partial charge in [0.1, 0.15) is 11.5 Å². The van der Waals surface area contributed by atoms with E-state index in [9.17, 15) is 0 Å². The van der Waals surface area contributed by atoms with Crippen molar-refractivity contribution >= 4 is 0 Å². The summed E-state index contributed by atoms with van der Waals surface area (Å²) in [4.78, 5) is 0. The van der Waals surface area contributed by atoms with Crippen molar-refractivity contribution in [1.82, 2.24) is 5.32 Å². The Morgan fingerprint density at radius 2 is 1.90 bits per heavy atom. The third-order valence-corrected chi connectivity index (χ3v) is 3.40. The van der Waals surface area contributed by atoms with Gasteiger partial charge in [0.05, 0.1) is 20.8 Å². The van der Waals surface area contributed by atoms with Gasteiger partial charge in [-0.25, -0.2) is 0 Å². The molecule has 0 heterocycles. The van der Waals surface area contributed by atoms with E-state index in [0.29, 0.717) is 6.04 Å². The van der Waals surface area contributed by atoms with E-state index in [1.807, 2.05) is 18.2 Å². The molecule has 0 aliphatic rings. The predicted octanol–water partition coefficient (Wildman–Crippen LogP) is 3.17. The minimum atomic E-state index is 0.197. The normalized spacial score (nSPS) is 13.8. The Bertz CT molecular complexity index is 389. The summed E-state index contributed by atoms with van der Waals surface area (Å²) in [5.41, 5.74) is 1.13. The fraction of sp³-hybridized carbons (Fsp3) is 0.625. The van der Waals surface area contributed by atoms with Crippen LogP contribution in [-0.4, -0.2) is 34.0 Å². The standard InChI is InChI=1S/C16H27NO3/c1-6-7-13(11-18-3)17-12(2)15-9-8-14(19-4)10-16(15)20-5/h8-10,12-13,17H,6-7,11H2,1-5H3. The van der Waals surface area contributed by atoms with Crippen LogP contribution in [0.15, 0.2) is 18.2 Å². The lowest BCUT2D eigenvalue weighted by molar-refractivity contribution is 0.156. The molecule has 1 aromatic carbocycles. The smallest absolute Gasteiger partial charge is 0.127 e. The molecule has 0 saturated carbocycles. The van der Waals surface area contributed by atoms with Gasteiger partial charge in [-0.1, -0.05) is 19.4 Å². The molecule has 0 bridgehead atoms. The Hall–Kier alpha value is -1.26. The van der Waals surface area contributed by atoms with Crippen LogP contribution in [0.25, 0.3) is 0 Å². The van der Waals surface area contributed by atoms with Gasteiger partial charge in [0.25, 0.3) is 0 Å². The molecule has 20 heavy (non-hydrogen) atoms. The number of methoxy groups -OCH3 is 3. The number of rotatable bonds is 9. The molecule has 1 aromatic rings. The third-order valence-electron chi connectivity index (χ3n) is 3.40. The first-order valence-corrected chi connectivity index (χ1v) is 7.13. The van der Waals surface area contributed by atoms with Crippen molar-refractivity contribution in [2.24, 2.45) is 0 Å². The maximum Gasteiger partial charge on any atom is 0.127 e. The molecular weight excluding hydrogens is 254 g/mol. The van der Waals surface area contributed by atoms with Crippen molar-refractivity contribution in [3.8, 4) is 11.5 Å². The van der Waals surface area contributed by atoms with Crippen molar-refractivity contribution in [3.05, 3.63) is 23.8 Å². The zero-order valence-electron chi connectivity index (χ0n) is 13.2. The Labute approximate surface area is 122 Å². The molecule has 0 aliphatic heterocycles. The number of nitrogens with one attached hydrogen (secondary N) is 1. The highest BCUT2D eigenvalue weighted by Crippen LogP contribution is 2.29. The lowest BCUT2D eigenvalue weighted by Crippen LogP contribution is -2.35. The van der Waals surface area contributed by atoms with Crippen LogP contribution in [0, 0.1) is 0 Å². The van der Waals surface area contributed by atoms with Gasteiger partial charge in [0.15, 0.2) is 0 Å². The molecule has 2 unspecified atom stereocenters. The second-order valence-corrected chi connectivity index (χ2v) is 4.94. The van der Waals surface area contributed by atoms with Gasteiger partial charge in [-0.2, -0.15) is 0 Å². The van der Waals surface area contributed by atoms with Gasteiger partial charge < -0.3 is 19.5 Å². The summed E-state index contributed by atoms with van der Waals surface area (Å²) >= 11 is 0. The molecule has 1 rings (SSSR count). The van der Waals surface area contributed by atoms with Gasteiger partial charge in [0.2, 0.25) is 0 Å². The maximum atomic E-state index is 5.46. The molecule has 0 aromatic heterocycles. The molecule has 0 radical (unpaired) electrons. The van der Waals surface area contributed by atoms with E-state index in [1.165, 1.54) is 0 Å². The summed E-state index contributed by atoms with van der Waals surface area (Å²) in [5, 5.41) is 3.60.